The molecular weight excluding hydrogens is 363 g/mol. The van der Waals surface area contributed by atoms with Crippen LogP contribution in [0.5, 0.6) is 5.75 Å². The standard InChI is InChI=1S/C16H19FN4O4S/c1-10(24-12-7-5-4-6-11(12)17)15-19-20-16(25-15)26-9-14(23)21(3)8-13(22)18-2/h4-7,10H,8-9H2,1-3H3,(H,18,22)/t10-/m0/s1. The Labute approximate surface area is 154 Å². The van der Waals surface area contributed by atoms with E-state index < -0.39 is 11.9 Å². The van der Waals surface area contributed by atoms with Gasteiger partial charge in [0, 0.05) is 14.1 Å². The van der Waals surface area contributed by atoms with Crippen LogP contribution in [0.3, 0.4) is 0 Å². The molecule has 0 bridgehead atoms. The van der Waals surface area contributed by atoms with Crippen molar-refractivity contribution >= 4 is 23.6 Å². The summed E-state index contributed by atoms with van der Waals surface area (Å²) in [5.74, 6) is -0.713. The molecule has 140 valence electrons. The highest BCUT2D eigenvalue weighted by Crippen LogP contribution is 2.25. The molecule has 0 radical (unpaired) electrons. The number of aromatic nitrogens is 2. The number of para-hydroxylation sites is 1. The highest BCUT2D eigenvalue weighted by atomic mass is 32.2. The molecule has 0 fully saturated rings. The molecule has 2 amide bonds. The Morgan fingerprint density at radius 2 is 2.12 bits per heavy atom. The molecule has 0 spiro atoms. The van der Waals surface area contributed by atoms with Crippen LogP contribution >= 0.6 is 11.8 Å². The minimum Gasteiger partial charge on any atom is -0.478 e. The van der Waals surface area contributed by atoms with E-state index in [1.807, 2.05) is 0 Å². The molecule has 2 aromatic rings. The average molecular weight is 382 g/mol. The van der Waals surface area contributed by atoms with Crippen LogP contribution in [0.25, 0.3) is 0 Å². The molecule has 0 saturated carbocycles. The summed E-state index contributed by atoms with van der Waals surface area (Å²) in [6.07, 6.45) is -0.652. The zero-order valence-corrected chi connectivity index (χ0v) is 15.4. The first-order valence-corrected chi connectivity index (χ1v) is 8.71. The van der Waals surface area contributed by atoms with Crippen LogP contribution in [0.15, 0.2) is 33.9 Å². The Morgan fingerprint density at radius 3 is 2.81 bits per heavy atom. The number of thioether (sulfide) groups is 1. The lowest BCUT2D eigenvalue weighted by Crippen LogP contribution is -2.37. The number of likely N-dealkylation sites (N-methyl/N-ethyl adjacent to an activating group) is 2. The molecule has 1 atom stereocenters. The maximum atomic E-state index is 13.6. The van der Waals surface area contributed by atoms with Crippen molar-refractivity contribution in [1.29, 1.82) is 0 Å². The predicted octanol–water partition coefficient (Wildman–Crippen LogP) is 1.65. The van der Waals surface area contributed by atoms with Crippen LogP contribution in [0.4, 0.5) is 4.39 Å². The van der Waals surface area contributed by atoms with Crippen molar-refractivity contribution in [1.82, 2.24) is 20.4 Å². The van der Waals surface area contributed by atoms with E-state index in [4.69, 9.17) is 9.15 Å². The van der Waals surface area contributed by atoms with Crippen LogP contribution in [0.2, 0.25) is 0 Å². The summed E-state index contributed by atoms with van der Waals surface area (Å²) >= 11 is 1.05. The molecule has 1 aromatic heterocycles. The molecule has 0 aliphatic heterocycles. The smallest absolute Gasteiger partial charge is 0.277 e. The highest BCUT2D eigenvalue weighted by molar-refractivity contribution is 7.99. The molecule has 1 heterocycles. The number of nitrogens with zero attached hydrogens (tertiary/aromatic N) is 3. The van der Waals surface area contributed by atoms with Crippen molar-refractivity contribution < 1.29 is 23.1 Å². The minimum atomic E-state index is -0.652. The van der Waals surface area contributed by atoms with E-state index in [0.717, 1.165) is 11.8 Å². The van der Waals surface area contributed by atoms with Crippen molar-refractivity contribution in [3.8, 4) is 5.75 Å². The lowest BCUT2D eigenvalue weighted by Gasteiger charge is -2.15. The fraction of sp³-hybridized carbons (Fsp3) is 0.375. The van der Waals surface area contributed by atoms with E-state index in [9.17, 15) is 14.0 Å². The van der Waals surface area contributed by atoms with Gasteiger partial charge in [-0.1, -0.05) is 23.9 Å². The van der Waals surface area contributed by atoms with E-state index >= 15 is 0 Å². The summed E-state index contributed by atoms with van der Waals surface area (Å²) in [6, 6.07) is 6.00. The molecule has 10 heteroatoms. The normalized spacial score (nSPS) is 11.7. The lowest BCUT2D eigenvalue weighted by atomic mass is 10.3. The first-order chi connectivity index (χ1) is 12.4. The zero-order chi connectivity index (χ0) is 19.1. The second-order valence-corrected chi connectivity index (χ2v) is 6.23. The number of nitrogens with one attached hydrogen (secondary N) is 1. The van der Waals surface area contributed by atoms with Crippen LogP contribution in [-0.2, 0) is 9.59 Å². The number of hydrogen-bond donors (Lipinski definition) is 1. The number of carbonyl (C=O) groups is 2. The number of hydrogen-bond acceptors (Lipinski definition) is 7. The van der Waals surface area contributed by atoms with Crippen molar-refractivity contribution in [2.24, 2.45) is 0 Å². The van der Waals surface area contributed by atoms with Crippen molar-refractivity contribution in [3.05, 3.63) is 36.0 Å². The predicted molar refractivity (Wildman–Crippen MR) is 92.2 cm³/mol. The number of benzene rings is 1. The number of rotatable bonds is 8. The van der Waals surface area contributed by atoms with Crippen LogP contribution in [-0.4, -0.2) is 53.3 Å². The van der Waals surface area contributed by atoms with Gasteiger partial charge in [0.2, 0.25) is 11.8 Å². The Hall–Kier alpha value is -2.62. The molecule has 2 rings (SSSR count). The van der Waals surface area contributed by atoms with Gasteiger partial charge >= 0.3 is 0 Å². The van der Waals surface area contributed by atoms with Gasteiger partial charge in [0.15, 0.2) is 17.7 Å². The fourth-order valence-corrected chi connectivity index (χ4v) is 2.55. The summed E-state index contributed by atoms with van der Waals surface area (Å²) in [6.45, 7) is 1.62. The third-order valence-electron chi connectivity index (χ3n) is 3.31. The maximum absolute atomic E-state index is 13.6. The van der Waals surface area contributed by atoms with Crippen molar-refractivity contribution in [2.45, 2.75) is 18.3 Å². The molecule has 0 unspecified atom stereocenters. The number of halogens is 1. The molecule has 8 nitrogen and oxygen atoms in total. The maximum Gasteiger partial charge on any atom is 0.277 e. The first-order valence-electron chi connectivity index (χ1n) is 7.72. The largest absolute Gasteiger partial charge is 0.478 e. The first kappa shape index (κ1) is 19.7. The lowest BCUT2D eigenvalue weighted by molar-refractivity contribution is -0.132. The van der Waals surface area contributed by atoms with E-state index in [0.29, 0.717) is 0 Å². The summed E-state index contributed by atoms with van der Waals surface area (Å²) in [5, 5.41) is 10.3. The van der Waals surface area contributed by atoms with Crippen molar-refractivity contribution in [2.75, 3.05) is 26.4 Å². The Morgan fingerprint density at radius 1 is 1.38 bits per heavy atom. The molecule has 1 aromatic carbocycles. The van der Waals surface area contributed by atoms with Crippen LogP contribution in [0, 0.1) is 5.82 Å². The average Bonchev–Trinajstić information content (AvgIpc) is 3.10. The van der Waals surface area contributed by atoms with E-state index in [1.165, 1.54) is 31.1 Å². The van der Waals surface area contributed by atoms with Gasteiger partial charge in [0.1, 0.15) is 0 Å². The highest BCUT2D eigenvalue weighted by Gasteiger charge is 2.19. The molecule has 0 aliphatic rings. The summed E-state index contributed by atoms with van der Waals surface area (Å²) in [7, 11) is 3.03. The van der Waals surface area contributed by atoms with Gasteiger partial charge in [0.25, 0.3) is 11.1 Å². The zero-order valence-electron chi connectivity index (χ0n) is 14.6. The monoisotopic (exact) mass is 382 g/mol. The Kier molecular flexibility index (Phi) is 6.96. The van der Waals surface area contributed by atoms with Crippen LogP contribution < -0.4 is 10.1 Å². The molecule has 1 N–H and O–H groups in total. The van der Waals surface area contributed by atoms with Crippen molar-refractivity contribution in [3.63, 3.8) is 0 Å². The van der Waals surface area contributed by atoms with E-state index in [1.54, 1.807) is 19.1 Å². The summed E-state index contributed by atoms with van der Waals surface area (Å²) < 4.78 is 24.5. The van der Waals surface area contributed by atoms with E-state index in [-0.39, 0.29) is 41.0 Å². The van der Waals surface area contributed by atoms with Gasteiger partial charge in [-0.05, 0) is 19.1 Å². The second kappa shape index (κ2) is 9.18. The van der Waals surface area contributed by atoms with Gasteiger partial charge in [0.05, 0.1) is 12.3 Å². The summed E-state index contributed by atoms with van der Waals surface area (Å²) in [4.78, 5) is 24.5. The second-order valence-electron chi connectivity index (χ2n) is 5.31. The fourth-order valence-electron chi connectivity index (χ4n) is 1.84. The minimum absolute atomic E-state index is 0.0293. The number of amides is 2. The third kappa shape index (κ3) is 5.45. The van der Waals surface area contributed by atoms with Gasteiger partial charge in [-0.2, -0.15) is 0 Å². The number of carbonyl (C=O) groups excluding carboxylic acids is 2. The number of ether oxygens (including phenoxy) is 1. The SMILES string of the molecule is CNC(=O)CN(C)C(=O)CSc1nnc([C@H](C)Oc2ccccc2F)o1. The molecule has 26 heavy (non-hydrogen) atoms. The molecule has 0 aliphatic carbocycles. The van der Waals surface area contributed by atoms with E-state index in [2.05, 4.69) is 15.5 Å². The van der Waals surface area contributed by atoms with Gasteiger partial charge < -0.3 is 19.4 Å². The van der Waals surface area contributed by atoms with Gasteiger partial charge in [-0.15, -0.1) is 10.2 Å². The van der Waals surface area contributed by atoms with Crippen LogP contribution in [0.1, 0.15) is 18.9 Å². The summed E-state index contributed by atoms with van der Waals surface area (Å²) in [5.41, 5.74) is 0. The molecule has 0 saturated heterocycles. The molecular formula is C16H19FN4O4S. The van der Waals surface area contributed by atoms with Gasteiger partial charge in [-0.25, -0.2) is 4.39 Å². The Bertz CT molecular complexity index is 770. The quantitative estimate of drug-likeness (QED) is 0.693. The Balaban J connectivity index is 1.88. The topological polar surface area (TPSA) is 97.6 Å². The third-order valence-corrected chi connectivity index (χ3v) is 4.12. The van der Waals surface area contributed by atoms with Gasteiger partial charge in [-0.3, -0.25) is 9.59 Å².